The highest BCUT2D eigenvalue weighted by molar-refractivity contribution is 5.76. The molecule has 0 bridgehead atoms. The molecule has 0 fully saturated rings. The number of hydrogen-bond donors (Lipinski definition) is 16. The smallest absolute Gasteiger partial charge is 0.305 e. The molecule has 0 saturated heterocycles. The van der Waals surface area contributed by atoms with Crippen molar-refractivity contribution in [1.29, 1.82) is 0 Å². The van der Waals surface area contributed by atoms with Crippen LogP contribution >= 0.6 is 0 Å². The third-order valence-corrected chi connectivity index (χ3v) is 19.2. The molecular formula is C95H218N18O15+2. The molecule has 0 spiro atoms. The van der Waals surface area contributed by atoms with Crippen molar-refractivity contribution in [1.82, 2.24) is 30.2 Å². The molecule has 0 aromatic rings. The lowest BCUT2D eigenvalue weighted by Gasteiger charge is -2.33. The fraction of sp³-hybridized carbons (Fsp3) is 0.968. The molecule has 776 valence electrons. The van der Waals surface area contributed by atoms with Crippen LogP contribution in [0.15, 0.2) is 0 Å². The van der Waals surface area contributed by atoms with Gasteiger partial charge in [-0.15, -0.1) is 0 Å². The van der Waals surface area contributed by atoms with E-state index in [0.29, 0.717) is 135 Å². The molecular weight excluding hydrogens is 1630 g/mol. The lowest BCUT2D eigenvalue weighted by Crippen LogP contribution is -2.55. The summed E-state index contributed by atoms with van der Waals surface area (Å²) in [6.45, 7) is 76.5. The minimum atomic E-state index is -0.377. The normalized spacial score (nSPS) is 14.7. The van der Waals surface area contributed by atoms with Gasteiger partial charge in [0.2, 0.25) is 5.91 Å². The zero-order valence-electron chi connectivity index (χ0n) is 87.1. The van der Waals surface area contributed by atoms with Crippen molar-refractivity contribution in [3.05, 3.63) is 0 Å². The summed E-state index contributed by atoms with van der Waals surface area (Å²) < 4.78 is 53.4. The number of carbonyl (C=O) groups excluding carboxylic acids is 3. The number of unbranched alkanes of at least 4 members (excludes halogenated alkanes) is 3. The van der Waals surface area contributed by atoms with E-state index in [1.54, 1.807) is 0 Å². The largest absolute Gasteiger partial charge is 0.463 e. The van der Waals surface area contributed by atoms with E-state index >= 15 is 0 Å². The summed E-state index contributed by atoms with van der Waals surface area (Å²) in [6.07, 6.45) is 12.5. The van der Waals surface area contributed by atoms with E-state index in [4.69, 9.17) is 105 Å². The molecule has 11 atom stereocenters. The van der Waals surface area contributed by atoms with Crippen LogP contribution in [0.5, 0.6) is 0 Å². The van der Waals surface area contributed by atoms with Crippen molar-refractivity contribution >= 4 is 17.8 Å². The number of aliphatic hydroxyl groups excluding tert-OH is 2. The van der Waals surface area contributed by atoms with Crippen LogP contribution in [0.2, 0.25) is 0 Å². The first-order chi connectivity index (χ1) is 60.4. The SMILES string of the molecule is CC(C)CC(C(N)=O)C(C)C.CC(C)CC(C)COCC(C)CC(C)C.CC(C)CCCCCN(CCN(CCNCC[NH3+])CCNCCN(CC[NH3+])CCC(C)C)CN(CCN)CCN.CC(N)COCC(C)N.CC(N)COCCOC(C)COCC(C)N.CCC(COCC(C)N)(COCC(C)N)COCC(C)N.O=C(CCCCC(=O)OCCO)OCCO. The summed E-state index contributed by atoms with van der Waals surface area (Å²) in [6, 6.07) is 0.444. The predicted molar refractivity (Wildman–Crippen MR) is 531 cm³/mol. The first-order valence-corrected chi connectivity index (χ1v) is 49.4. The van der Waals surface area contributed by atoms with Crippen molar-refractivity contribution in [2.45, 2.75) is 291 Å². The van der Waals surface area contributed by atoms with E-state index in [9.17, 15) is 14.4 Å². The summed E-state index contributed by atoms with van der Waals surface area (Å²) in [5, 5.41) is 24.0. The Morgan fingerprint density at radius 3 is 1.10 bits per heavy atom. The first-order valence-electron chi connectivity index (χ1n) is 49.4. The van der Waals surface area contributed by atoms with E-state index in [-0.39, 0.29) is 117 Å². The molecule has 0 heterocycles. The van der Waals surface area contributed by atoms with Crippen LogP contribution in [-0.4, -0.2) is 346 Å². The second-order valence-corrected chi connectivity index (χ2v) is 38.3. The van der Waals surface area contributed by atoms with Gasteiger partial charge >= 0.3 is 11.9 Å². The lowest BCUT2D eigenvalue weighted by atomic mass is 9.87. The molecule has 33 heteroatoms. The molecule has 0 saturated carbocycles. The monoisotopic (exact) mass is 1850 g/mol. The van der Waals surface area contributed by atoms with Gasteiger partial charge in [0.15, 0.2) is 0 Å². The first kappa shape index (κ1) is 138. The number of hydrogen-bond acceptors (Lipinski definition) is 30. The van der Waals surface area contributed by atoms with Gasteiger partial charge in [0.1, 0.15) is 13.2 Å². The number of rotatable bonds is 79. The maximum absolute atomic E-state index is 10.9. The lowest BCUT2D eigenvalue weighted by molar-refractivity contribution is -0.369. The summed E-state index contributed by atoms with van der Waals surface area (Å²) >= 11 is 0. The van der Waals surface area contributed by atoms with E-state index in [2.05, 4.69) is 141 Å². The Morgan fingerprint density at radius 1 is 0.375 bits per heavy atom. The number of primary amides is 1. The van der Waals surface area contributed by atoms with Gasteiger partial charge in [0, 0.05) is 171 Å². The highest BCUT2D eigenvalue weighted by atomic mass is 16.6. The van der Waals surface area contributed by atoms with Crippen molar-refractivity contribution < 1.29 is 83.4 Å². The zero-order valence-corrected chi connectivity index (χ0v) is 87.1. The average molecular weight is 1850 g/mol. The van der Waals surface area contributed by atoms with Gasteiger partial charge in [0.05, 0.1) is 125 Å². The minimum Gasteiger partial charge on any atom is -0.463 e. The average Bonchev–Trinajstić information content (AvgIpc) is 0.871. The molecule has 128 heavy (non-hydrogen) atoms. The summed E-state index contributed by atoms with van der Waals surface area (Å²) in [7, 11) is 0. The number of nitrogens with two attached hydrogens (primary N) is 10. The third-order valence-electron chi connectivity index (χ3n) is 19.2. The standard InChI is InChI=1S/C30H72N10.C15H35N3O3.C14H30O.C11H26N2O3.C10H18O6.C9H19NO.C6H16N2O/c1-29(2)8-6-5-7-18-39(28-40(21-12-33)22-13-34)27-26-38(24-15-35-14-10-31)25-17-36-16-23-37(20-11-32)19-9-30(3)4;1-5-15(9-19-6-12(2)16,10-20-7-13(3)17)11-21-8-14(4)18;1-11(2)7-13(5)9-15-10-14(6)8-12(3)4;1-9(12)6-14-4-5-16-11(3)8-15-7-10(2)13;11-5-7-15-9(13)3-1-2-4-10(14)16-8-6-12;1-6(2)5-8(7(3)4)9(10)11;1-5(7)3-9-4-6(2)8/h29-30,35-36H,5-28,31-34H2,1-4H3;12-14H,5-11,16-18H2,1-4H3;11-14H,7-10H2,1-6H3;9-11H,4-8,12-13H2,1-3H3;11-12H,1-8H2;6-8H,5H2,1-4H3,(H2,10,11);5-6H,3-4,7-8H2,1-2H3/p+2. The number of ether oxygens (including phenoxy) is 10. The van der Waals surface area contributed by atoms with Gasteiger partial charge in [-0.2, -0.15) is 0 Å². The van der Waals surface area contributed by atoms with Crippen molar-refractivity contribution in [2.75, 3.05) is 250 Å². The van der Waals surface area contributed by atoms with Crippen molar-refractivity contribution in [3.63, 3.8) is 0 Å². The molecule has 0 rings (SSSR count). The number of amides is 1. The predicted octanol–water partition coefficient (Wildman–Crippen LogP) is 5.06. The number of nitrogens with one attached hydrogen (secondary N) is 2. The number of carbonyl (C=O) groups is 3. The number of quaternary nitrogens is 2. The molecule has 1 amide bonds. The van der Waals surface area contributed by atoms with Crippen molar-refractivity contribution in [2.24, 2.45) is 116 Å². The quantitative estimate of drug-likeness (QED) is 0.0215. The van der Waals surface area contributed by atoms with Gasteiger partial charge in [-0.05, 0) is 167 Å². The fourth-order valence-electron chi connectivity index (χ4n) is 12.7. The van der Waals surface area contributed by atoms with Crippen molar-refractivity contribution in [3.8, 4) is 0 Å². The molecule has 11 unspecified atom stereocenters. The molecule has 0 aromatic heterocycles. The number of aliphatic hydroxyl groups is 2. The molecule has 0 radical (unpaired) electrons. The summed E-state index contributed by atoms with van der Waals surface area (Å²) in [5.74, 6) is 4.60. The van der Waals surface area contributed by atoms with E-state index in [1.807, 2.05) is 69.2 Å². The topological polar surface area (TPSA) is 536 Å². The highest BCUT2D eigenvalue weighted by Crippen LogP contribution is 2.25. The van der Waals surface area contributed by atoms with Crippen LogP contribution < -0.4 is 79.4 Å². The second kappa shape index (κ2) is 98.8. The zero-order chi connectivity index (χ0) is 98.9. The van der Waals surface area contributed by atoms with Gasteiger partial charge in [0.25, 0.3) is 0 Å². The summed E-state index contributed by atoms with van der Waals surface area (Å²) in [5.41, 5.74) is 64.0. The Labute approximate surface area is 785 Å². The number of nitrogens with zero attached hydrogens (tertiary/aromatic N) is 4. The molecule has 0 aromatic carbocycles. The van der Waals surface area contributed by atoms with Crippen LogP contribution in [0.25, 0.3) is 0 Å². The summed E-state index contributed by atoms with van der Waals surface area (Å²) in [4.78, 5) is 43.0. The van der Waals surface area contributed by atoms with Crippen LogP contribution in [0.4, 0.5) is 0 Å². The van der Waals surface area contributed by atoms with E-state index in [0.717, 1.165) is 155 Å². The molecule has 33 nitrogen and oxygen atoms in total. The Kier molecular flexibility index (Phi) is 107. The Morgan fingerprint density at radius 2 is 0.750 bits per heavy atom. The maximum Gasteiger partial charge on any atom is 0.305 e. The van der Waals surface area contributed by atoms with Gasteiger partial charge in [-0.1, -0.05) is 123 Å². The third kappa shape index (κ3) is 114. The minimum absolute atomic E-state index is 0.0113. The Hall–Kier alpha value is -2.67. The highest BCUT2D eigenvalue weighted by Gasteiger charge is 2.31. The van der Waals surface area contributed by atoms with Gasteiger partial charge in [-0.25, -0.2) is 0 Å². The van der Waals surface area contributed by atoms with Crippen LogP contribution in [0.3, 0.4) is 0 Å². The molecule has 0 aliphatic rings. The van der Waals surface area contributed by atoms with Gasteiger partial charge in [-0.3, -0.25) is 34.0 Å². The second-order valence-electron chi connectivity index (χ2n) is 38.3. The molecule has 0 aliphatic carbocycles. The fourth-order valence-corrected chi connectivity index (χ4v) is 12.7. The maximum atomic E-state index is 10.9. The Balaban J connectivity index is -0.000000284. The molecule has 30 N–H and O–H groups in total. The van der Waals surface area contributed by atoms with Crippen LogP contribution in [-0.2, 0) is 61.8 Å². The van der Waals surface area contributed by atoms with E-state index in [1.165, 1.54) is 51.5 Å². The van der Waals surface area contributed by atoms with Gasteiger partial charge < -0.3 is 137 Å². The number of esters is 2. The Bertz CT molecular complexity index is 2180. The van der Waals surface area contributed by atoms with Crippen LogP contribution in [0, 0.1) is 58.7 Å². The van der Waals surface area contributed by atoms with E-state index < -0.39 is 0 Å². The molecule has 0 aliphatic heterocycles. The van der Waals surface area contributed by atoms with Crippen LogP contribution in [0.1, 0.15) is 243 Å².